The van der Waals surface area contributed by atoms with Gasteiger partial charge >= 0.3 is 0 Å². The Morgan fingerprint density at radius 2 is 1.44 bits per heavy atom. The van der Waals surface area contributed by atoms with Crippen molar-refractivity contribution in [3.8, 4) is 0 Å². The molecule has 18 heavy (non-hydrogen) atoms. The number of allylic oxidation sites excluding steroid dienone is 1. The molecule has 0 saturated carbocycles. The van der Waals surface area contributed by atoms with Gasteiger partial charge in [-0.15, -0.1) is 0 Å². The molecule has 0 bridgehead atoms. The molecule has 1 nitrogen and oxygen atoms in total. The first-order valence-corrected chi connectivity index (χ1v) is 7.30. The molecule has 92 valence electrons. The second-order valence-corrected chi connectivity index (χ2v) is 5.48. The van der Waals surface area contributed by atoms with Gasteiger partial charge in [-0.2, -0.15) is 0 Å². The van der Waals surface area contributed by atoms with Crippen LogP contribution in [0.15, 0.2) is 77.7 Å². The molecule has 0 heterocycles. The highest BCUT2D eigenvalue weighted by Crippen LogP contribution is 2.06. The van der Waals surface area contributed by atoms with Gasteiger partial charge in [0.05, 0.1) is 10.8 Å². The molecular weight excluding hydrogens is 240 g/mol. The summed E-state index contributed by atoms with van der Waals surface area (Å²) in [5.41, 5.74) is 1.28. The molecule has 0 fully saturated rings. The molecule has 0 aliphatic carbocycles. The Balaban J connectivity index is 1.83. The Hall–Kier alpha value is -1.67. The summed E-state index contributed by atoms with van der Waals surface area (Å²) < 4.78 is 11.9. The topological polar surface area (TPSA) is 17.1 Å². The van der Waals surface area contributed by atoms with Gasteiger partial charge < -0.3 is 0 Å². The molecule has 0 amide bonds. The quantitative estimate of drug-likeness (QED) is 0.747. The third kappa shape index (κ3) is 3.97. The van der Waals surface area contributed by atoms with E-state index in [1.807, 2.05) is 54.6 Å². The van der Waals surface area contributed by atoms with Gasteiger partial charge in [-0.25, -0.2) is 0 Å². The highest BCUT2D eigenvalue weighted by atomic mass is 32.2. The van der Waals surface area contributed by atoms with Gasteiger partial charge in [0.2, 0.25) is 0 Å². The molecule has 0 spiro atoms. The zero-order valence-corrected chi connectivity index (χ0v) is 11.0. The predicted octanol–water partition coefficient (Wildman–Crippen LogP) is 3.59. The van der Waals surface area contributed by atoms with Crippen molar-refractivity contribution in [3.63, 3.8) is 0 Å². The molecule has 1 atom stereocenters. The fourth-order valence-corrected chi connectivity index (χ4v) is 2.62. The molecular formula is C16H16OS. The van der Waals surface area contributed by atoms with Crippen molar-refractivity contribution in [2.45, 2.75) is 11.3 Å². The lowest BCUT2D eigenvalue weighted by Crippen LogP contribution is -1.94. The van der Waals surface area contributed by atoms with Crippen molar-refractivity contribution in [1.82, 2.24) is 0 Å². The first kappa shape index (κ1) is 12.8. The summed E-state index contributed by atoms with van der Waals surface area (Å²) in [6.07, 6.45) is 4.97. The van der Waals surface area contributed by atoms with Crippen LogP contribution in [0.5, 0.6) is 0 Å². The van der Waals surface area contributed by atoms with E-state index in [0.29, 0.717) is 5.75 Å². The molecule has 2 aromatic carbocycles. The summed E-state index contributed by atoms with van der Waals surface area (Å²) in [5, 5.41) is 0. The molecule has 0 aromatic heterocycles. The largest absolute Gasteiger partial charge is 0.254 e. The van der Waals surface area contributed by atoms with Gasteiger partial charge in [-0.05, 0) is 24.1 Å². The summed E-state index contributed by atoms with van der Waals surface area (Å²) in [5.74, 6) is 0.580. The van der Waals surface area contributed by atoms with E-state index in [2.05, 4.69) is 18.2 Å². The SMILES string of the molecule is O=S(CC=CCc1ccccc1)c1ccccc1. The molecule has 0 N–H and O–H groups in total. The number of rotatable bonds is 5. The maximum atomic E-state index is 11.9. The minimum atomic E-state index is -0.928. The maximum Gasteiger partial charge on any atom is 0.0567 e. The van der Waals surface area contributed by atoms with Crippen molar-refractivity contribution in [2.75, 3.05) is 5.75 Å². The van der Waals surface area contributed by atoms with Crippen LogP contribution in [0.4, 0.5) is 0 Å². The third-order valence-electron chi connectivity index (χ3n) is 2.62. The second-order valence-electron chi connectivity index (χ2n) is 3.99. The standard InChI is InChI=1S/C16H16OS/c17-18(16-12-5-2-6-13-16)14-8-7-11-15-9-3-1-4-10-15/h1-10,12-13H,11,14H2. The molecule has 0 saturated heterocycles. The summed E-state index contributed by atoms with van der Waals surface area (Å²) in [6, 6.07) is 19.8. The van der Waals surface area contributed by atoms with E-state index in [9.17, 15) is 4.21 Å². The number of benzene rings is 2. The van der Waals surface area contributed by atoms with Crippen molar-refractivity contribution >= 4 is 10.8 Å². The van der Waals surface area contributed by atoms with Crippen LogP contribution in [0.25, 0.3) is 0 Å². The average Bonchev–Trinajstić information content (AvgIpc) is 2.45. The second kappa shape index (κ2) is 6.92. The Morgan fingerprint density at radius 1 is 0.833 bits per heavy atom. The Labute approximate surface area is 111 Å². The number of hydrogen-bond donors (Lipinski definition) is 0. The van der Waals surface area contributed by atoms with E-state index in [4.69, 9.17) is 0 Å². The van der Waals surface area contributed by atoms with Gasteiger partial charge in [0, 0.05) is 10.6 Å². The lowest BCUT2D eigenvalue weighted by atomic mass is 10.1. The minimum absolute atomic E-state index is 0.580. The first-order valence-electron chi connectivity index (χ1n) is 5.98. The monoisotopic (exact) mass is 256 g/mol. The highest BCUT2D eigenvalue weighted by Gasteiger charge is 1.98. The Morgan fingerprint density at radius 3 is 2.11 bits per heavy atom. The molecule has 0 radical (unpaired) electrons. The number of hydrogen-bond acceptors (Lipinski definition) is 1. The average molecular weight is 256 g/mol. The predicted molar refractivity (Wildman–Crippen MR) is 77.0 cm³/mol. The van der Waals surface area contributed by atoms with E-state index in [1.165, 1.54) is 5.56 Å². The van der Waals surface area contributed by atoms with Crippen LogP contribution in [0.3, 0.4) is 0 Å². The van der Waals surface area contributed by atoms with Crippen LogP contribution in [0.1, 0.15) is 5.56 Å². The first-order chi connectivity index (χ1) is 8.86. The molecule has 0 aliphatic heterocycles. The maximum absolute atomic E-state index is 11.9. The Bertz CT molecular complexity index is 517. The van der Waals surface area contributed by atoms with Gasteiger partial charge in [0.1, 0.15) is 0 Å². The zero-order valence-electron chi connectivity index (χ0n) is 10.2. The summed E-state index contributed by atoms with van der Waals surface area (Å²) >= 11 is 0. The van der Waals surface area contributed by atoms with E-state index in [1.54, 1.807) is 0 Å². The smallest absolute Gasteiger partial charge is 0.0567 e. The van der Waals surface area contributed by atoms with Crippen LogP contribution in [-0.2, 0) is 17.2 Å². The molecule has 2 heteroatoms. The van der Waals surface area contributed by atoms with Crippen molar-refractivity contribution in [2.24, 2.45) is 0 Å². The summed E-state index contributed by atoms with van der Waals surface area (Å²) in [6.45, 7) is 0. The molecule has 2 aromatic rings. The molecule has 0 aliphatic rings. The molecule has 2 rings (SSSR count). The fraction of sp³-hybridized carbons (Fsp3) is 0.125. The zero-order chi connectivity index (χ0) is 12.6. The lowest BCUT2D eigenvalue weighted by molar-refractivity contribution is 0.685. The van der Waals surface area contributed by atoms with E-state index >= 15 is 0 Å². The van der Waals surface area contributed by atoms with Crippen molar-refractivity contribution in [3.05, 3.63) is 78.4 Å². The van der Waals surface area contributed by atoms with E-state index < -0.39 is 10.8 Å². The van der Waals surface area contributed by atoms with Crippen LogP contribution >= 0.6 is 0 Å². The van der Waals surface area contributed by atoms with Gasteiger partial charge in [-0.3, -0.25) is 4.21 Å². The van der Waals surface area contributed by atoms with Crippen LogP contribution in [-0.4, -0.2) is 9.96 Å². The van der Waals surface area contributed by atoms with Gasteiger partial charge in [-0.1, -0.05) is 60.7 Å². The Kier molecular flexibility index (Phi) is 4.91. The van der Waals surface area contributed by atoms with Gasteiger partial charge in [0.25, 0.3) is 0 Å². The molecule has 1 unspecified atom stereocenters. The lowest BCUT2D eigenvalue weighted by Gasteiger charge is -1.98. The summed E-state index contributed by atoms with van der Waals surface area (Å²) in [4.78, 5) is 0.891. The van der Waals surface area contributed by atoms with Crippen LogP contribution in [0, 0.1) is 0 Å². The van der Waals surface area contributed by atoms with Crippen molar-refractivity contribution < 1.29 is 4.21 Å². The minimum Gasteiger partial charge on any atom is -0.254 e. The van der Waals surface area contributed by atoms with E-state index in [-0.39, 0.29) is 0 Å². The van der Waals surface area contributed by atoms with Crippen LogP contribution in [0.2, 0.25) is 0 Å². The van der Waals surface area contributed by atoms with Crippen LogP contribution < -0.4 is 0 Å². The normalized spacial score (nSPS) is 12.7. The van der Waals surface area contributed by atoms with Gasteiger partial charge in [0.15, 0.2) is 0 Å². The fourth-order valence-electron chi connectivity index (χ4n) is 1.66. The summed E-state index contributed by atoms with van der Waals surface area (Å²) in [7, 11) is -0.928. The van der Waals surface area contributed by atoms with E-state index in [0.717, 1.165) is 11.3 Å². The highest BCUT2D eigenvalue weighted by molar-refractivity contribution is 7.85. The third-order valence-corrected chi connectivity index (χ3v) is 3.91. The van der Waals surface area contributed by atoms with Crippen molar-refractivity contribution in [1.29, 1.82) is 0 Å².